The molecule has 0 N–H and O–H groups in total. The maximum absolute atomic E-state index is 13.3. The number of aryl methyl sites for hydroxylation is 2. The van der Waals surface area contributed by atoms with Crippen molar-refractivity contribution in [3.05, 3.63) is 106 Å². The van der Waals surface area contributed by atoms with Gasteiger partial charge in [-0.2, -0.15) is 0 Å². The number of hydrogen-bond donors (Lipinski definition) is 0. The Kier molecular flexibility index (Phi) is 8.05. The normalized spacial score (nSPS) is 14.3. The van der Waals surface area contributed by atoms with E-state index in [0.29, 0.717) is 0 Å². The Morgan fingerprint density at radius 3 is 2.33 bits per heavy atom. The molecule has 3 rings (SSSR count). The monoisotopic (exact) mass is 437 g/mol. The number of halogens is 1. The first-order valence-corrected chi connectivity index (χ1v) is 12.1. The van der Waals surface area contributed by atoms with E-state index in [-0.39, 0.29) is 11.2 Å². The van der Waals surface area contributed by atoms with Crippen LogP contribution in [0.25, 0.3) is 0 Å². The van der Waals surface area contributed by atoms with Crippen LogP contribution in [-0.4, -0.2) is 9.80 Å². The zero-order chi connectivity index (χ0) is 21.7. The first-order chi connectivity index (χ1) is 14.4. The van der Waals surface area contributed by atoms with Gasteiger partial charge in [0.15, 0.2) is 4.90 Å². The first kappa shape index (κ1) is 22.9. The maximum atomic E-state index is 13.3. The van der Waals surface area contributed by atoms with Gasteiger partial charge >= 0.3 is 0 Å². The molecule has 0 aliphatic rings. The highest BCUT2D eigenvalue weighted by molar-refractivity contribution is 7.92. The van der Waals surface area contributed by atoms with Crippen molar-refractivity contribution in [3.8, 4) is 0 Å². The number of benzene rings is 3. The minimum absolute atomic E-state index is 0.0798. The predicted octanol–water partition coefficient (Wildman–Crippen LogP) is 7.44. The molecular formula is C27H30ClOS. The molecule has 3 unspecified atom stereocenters. The third kappa shape index (κ3) is 5.91. The molecular weight excluding hydrogens is 408 g/mol. The summed E-state index contributed by atoms with van der Waals surface area (Å²) >= 11 is 5.26. The van der Waals surface area contributed by atoms with Crippen molar-refractivity contribution in [2.75, 3.05) is 0 Å². The molecule has 0 saturated carbocycles. The van der Waals surface area contributed by atoms with Gasteiger partial charge < -0.3 is 4.55 Å². The second-order valence-electron chi connectivity index (χ2n) is 8.08. The molecule has 0 aliphatic carbocycles. The summed E-state index contributed by atoms with van der Waals surface area (Å²) in [7, 11) is 0. The van der Waals surface area contributed by atoms with Crippen molar-refractivity contribution >= 4 is 22.8 Å². The Morgan fingerprint density at radius 1 is 0.967 bits per heavy atom. The molecule has 0 aliphatic heterocycles. The zero-order valence-electron chi connectivity index (χ0n) is 18.0. The molecule has 3 aromatic rings. The standard InChI is InChI=1S/C27H30ClOS/c1-5-26(30(29)27-13-9-19(2)10-14-27)18-24(23-7-6-8-25(28)17-23)16-22-12-11-20(3)21(4)15-22/h6-15,17,24,26H,2,5,16,18H2,1,3-4H3. The summed E-state index contributed by atoms with van der Waals surface area (Å²) in [4.78, 5) is 0.880. The molecule has 1 radical (unpaired) electrons. The van der Waals surface area contributed by atoms with E-state index >= 15 is 0 Å². The molecule has 0 aromatic heterocycles. The van der Waals surface area contributed by atoms with E-state index in [9.17, 15) is 4.55 Å². The van der Waals surface area contributed by atoms with Crippen LogP contribution >= 0.6 is 11.6 Å². The van der Waals surface area contributed by atoms with Gasteiger partial charge in [0.1, 0.15) is 5.25 Å². The van der Waals surface area contributed by atoms with Crippen LogP contribution in [0.3, 0.4) is 0 Å². The fraction of sp³-hybridized carbons (Fsp3) is 0.296. The van der Waals surface area contributed by atoms with Gasteiger partial charge in [0.2, 0.25) is 0 Å². The average molecular weight is 438 g/mol. The molecule has 0 bridgehead atoms. The lowest BCUT2D eigenvalue weighted by Crippen LogP contribution is -2.24. The molecule has 0 heterocycles. The summed E-state index contributed by atoms with van der Waals surface area (Å²) in [6.07, 6.45) is 2.62. The van der Waals surface area contributed by atoms with Crippen LogP contribution in [0.1, 0.15) is 53.5 Å². The summed E-state index contributed by atoms with van der Waals surface area (Å²) in [6, 6.07) is 22.6. The fourth-order valence-electron chi connectivity index (χ4n) is 3.85. The first-order valence-electron chi connectivity index (χ1n) is 10.5. The topological polar surface area (TPSA) is 23.1 Å². The third-order valence-electron chi connectivity index (χ3n) is 5.83. The van der Waals surface area contributed by atoms with Gasteiger partial charge in [-0.25, -0.2) is 0 Å². The largest absolute Gasteiger partial charge is 0.611 e. The lowest BCUT2D eigenvalue weighted by Gasteiger charge is -2.26. The van der Waals surface area contributed by atoms with Crippen molar-refractivity contribution in [1.82, 2.24) is 0 Å². The van der Waals surface area contributed by atoms with Crippen LogP contribution in [0.5, 0.6) is 0 Å². The van der Waals surface area contributed by atoms with Gasteiger partial charge in [0.05, 0.1) is 0 Å². The molecule has 3 atom stereocenters. The highest BCUT2D eigenvalue weighted by Crippen LogP contribution is 2.33. The maximum Gasteiger partial charge on any atom is 0.152 e. The third-order valence-corrected chi connectivity index (χ3v) is 7.94. The lowest BCUT2D eigenvalue weighted by molar-refractivity contribution is 0.534. The summed E-state index contributed by atoms with van der Waals surface area (Å²) in [6.45, 7) is 10.4. The van der Waals surface area contributed by atoms with Gasteiger partial charge in [-0.05, 0) is 103 Å². The summed E-state index contributed by atoms with van der Waals surface area (Å²) in [5.41, 5.74) is 6.07. The van der Waals surface area contributed by atoms with E-state index in [0.717, 1.165) is 34.7 Å². The molecule has 3 aromatic carbocycles. The van der Waals surface area contributed by atoms with E-state index in [1.807, 2.05) is 36.4 Å². The van der Waals surface area contributed by atoms with E-state index in [1.165, 1.54) is 22.3 Å². The molecule has 1 nitrogen and oxygen atoms in total. The molecule has 0 spiro atoms. The molecule has 0 saturated heterocycles. The Labute approximate surface area is 189 Å². The molecule has 0 amide bonds. The van der Waals surface area contributed by atoms with Crippen molar-refractivity contribution in [2.45, 2.75) is 56.1 Å². The quantitative estimate of drug-likeness (QED) is 0.335. The van der Waals surface area contributed by atoms with E-state index in [2.05, 4.69) is 58.0 Å². The van der Waals surface area contributed by atoms with Crippen LogP contribution in [0.4, 0.5) is 0 Å². The Bertz CT molecular complexity index is 967. The van der Waals surface area contributed by atoms with Crippen molar-refractivity contribution in [1.29, 1.82) is 0 Å². The van der Waals surface area contributed by atoms with Crippen LogP contribution < -0.4 is 0 Å². The average Bonchev–Trinajstić information content (AvgIpc) is 2.73. The van der Waals surface area contributed by atoms with Gasteiger partial charge in [-0.1, -0.05) is 61.0 Å². The van der Waals surface area contributed by atoms with Crippen LogP contribution in [0.2, 0.25) is 5.02 Å². The molecule has 3 heteroatoms. The number of hydrogen-bond acceptors (Lipinski definition) is 1. The Hall–Kier alpha value is -1.74. The number of rotatable bonds is 8. The molecule has 0 fully saturated rings. The van der Waals surface area contributed by atoms with Gasteiger partial charge in [0.25, 0.3) is 0 Å². The lowest BCUT2D eigenvalue weighted by atomic mass is 9.87. The second-order valence-corrected chi connectivity index (χ2v) is 10.3. The van der Waals surface area contributed by atoms with E-state index < -0.39 is 11.2 Å². The summed E-state index contributed by atoms with van der Waals surface area (Å²) in [5, 5.41) is 0.828. The fourth-order valence-corrected chi connectivity index (χ4v) is 5.55. The highest BCUT2D eigenvalue weighted by Gasteiger charge is 2.28. The van der Waals surface area contributed by atoms with Gasteiger partial charge in [0, 0.05) is 11.4 Å². The van der Waals surface area contributed by atoms with Crippen molar-refractivity contribution in [3.63, 3.8) is 0 Å². The Morgan fingerprint density at radius 2 is 1.70 bits per heavy atom. The van der Waals surface area contributed by atoms with Gasteiger partial charge in [-0.3, -0.25) is 0 Å². The highest BCUT2D eigenvalue weighted by atomic mass is 35.5. The minimum Gasteiger partial charge on any atom is -0.611 e. The predicted molar refractivity (Wildman–Crippen MR) is 130 cm³/mol. The van der Waals surface area contributed by atoms with Gasteiger partial charge in [-0.15, -0.1) is 0 Å². The van der Waals surface area contributed by atoms with E-state index in [4.69, 9.17) is 11.6 Å². The van der Waals surface area contributed by atoms with E-state index in [1.54, 1.807) is 0 Å². The summed E-state index contributed by atoms with van der Waals surface area (Å²) < 4.78 is 13.3. The second kappa shape index (κ2) is 10.5. The van der Waals surface area contributed by atoms with Crippen LogP contribution in [0, 0.1) is 20.8 Å². The summed E-state index contributed by atoms with van der Waals surface area (Å²) in [5.74, 6) is 0.256. The minimum atomic E-state index is -1.06. The SMILES string of the molecule is [CH2]c1ccc([S+]([O-])C(CC)CC(Cc2ccc(C)c(C)c2)c2cccc(Cl)c2)cc1. The molecule has 30 heavy (non-hydrogen) atoms. The van der Waals surface area contributed by atoms with Crippen LogP contribution in [0.15, 0.2) is 71.6 Å². The van der Waals surface area contributed by atoms with Crippen molar-refractivity contribution < 1.29 is 4.55 Å². The van der Waals surface area contributed by atoms with Crippen LogP contribution in [-0.2, 0) is 17.6 Å². The smallest absolute Gasteiger partial charge is 0.152 e. The zero-order valence-corrected chi connectivity index (χ0v) is 19.6. The Balaban J connectivity index is 1.88. The van der Waals surface area contributed by atoms with Crippen molar-refractivity contribution in [2.24, 2.45) is 0 Å². The molecule has 157 valence electrons.